The first-order valence-electron chi connectivity index (χ1n) is 12.6. The molecule has 4 rings (SSSR count). The molecule has 1 spiro atoms. The number of carbonyl (C=O) groups is 1. The van der Waals surface area contributed by atoms with Crippen LogP contribution in [0.2, 0.25) is 0 Å². The van der Waals surface area contributed by atoms with Crippen LogP contribution in [0.3, 0.4) is 0 Å². The van der Waals surface area contributed by atoms with Crippen molar-refractivity contribution >= 4 is 12.0 Å². The van der Waals surface area contributed by atoms with Crippen LogP contribution < -0.4 is 4.74 Å². The summed E-state index contributed by atoms with van der Waals surface area (Å²) in [5.41, 5.74) is 0.366. The van der Waals surface area contributed by atoms with E-state index in [1.165, 1.54) is 6.08 Å². The van der Waals surface area contributed by atoms with Crippen LogP contribution in [0.4, 0.5) is 0 Å². The van der Waals surface area contributed by atoms with Gasteiger partial charge in [-0.1, -0.05) is 32.9 Å². The van der Waals surface area contributed by atoms with Crippen LogP contribution in [0.5, 0.6) is 5.75 Å². The Hall–Kier alpha value is -1.89. The van der Waals surface area contributed by atoms with Gasteiger partial charge in [-0.25, -0.2) is 4.79 Å². The van der Waals surface area contributed by atoms with Crippen molar-refractivity contribution in [1.29, 1.82) is 0 Å². The Kier molecular flexibility index (Phi) is 7.41. The largest absolute Gasteiger partial charge is 0.497 e. The van der Waals surface area contributed by atoms with Crippen LogP contribution in [0, 0.1) is 17.8 Å². The monoisotopic (exact) mass is 472 g/mol. The lowest BCUT2D eigenvalue weighted by Gasteiger charge is -2.46. The topological polar surface area (TPSA) is 69.8 Å². The van der Waals surface area contributed by atoms with Crippen molar-refractivity contribution in [3.8, 4) is 5.75 Å². The molecule has 34 heavy (non-hydrogen) atoms. The minimum atomic E-state index is -0.356. The zero-order chi connectivity index (χ0) is 24.5. The standard InChI is InChI=1S/C28H40O6/c1-7-20-16-28(17-32-28)26(27(4)22(34-27)14-8-18(2)3)25(31-6)24(20)33-23(29)15-11-19-9-12-21(30-5)13-10-19/h9-13,15,18,20,22,24-26H,7-8,14,16-17H2,1-6H3/b15-11+/t20-,22+,24-,25-,26-,27-,28+/m1/s1. The van der Waals surface area contributed by atoms with Crippen LogP contribution in [-0.4, -0.2) is 56.3 Å². The summed E-state index contributed by atoms with van der Waals surface area (Å²) < 4.78 is 29.8. The quantitative estimate of drug-likeness (QED) is 0.270. The van der Waals surface area contributed by atoms with Crippen molar-refractivity contribution in [2.24, 2.45) is 17.8 Å². The molecule has 1 aromatic rings. The molecule has 7 atom stereocenters. The molecule has 2 aliphatic heterocycles. The van der Waals surface area contributed by atoms with Gasteiger partial charge in [0.2, 0.25) is 0 Å². The average Bonchev–Trinajstić information content (AvgIpc) is 3.74. The lowest BCUT2D eigenvalue weighted by molar-refractivity contribution is -0.178. The van der Waals surface area contributed by atoms with Crippen molar-refractivity contribution in [3.05, 3.63) is 35.9 Å². The van der Waals surface area contributed by atoms with Gasteiger partial charge in [0.25, 0.3) is 0 Å². The van der Waals surface area contributed by atoms with Gasteiger partial charge in [-0.2, -0.15) is 0 Å². The summed E-state index contributed by atoms with van der Waals surface area (Å²) in [6.07, 6.45) is 6.77. The van der Waals surface area contributed by atoms with Crippen LogP contribution >= 0.6 is 0 Å². The Morgan fingerprint density at radius 3 is 2.47 bits per heavy atom. The second-order valence-electron chi connectivity index (χ2n) is 10.7. The second kappa shape index (κ2) is 10.00. The molecule has 0 radical (unpaired) electrons. The Labute approximate surface area is 203 Å². The van der Waals surface area contributed by atoms with E-state index < -0.39 is 0 Å². The van der Waals surface area contributed by atoms with Crippen molar-refractivity contribution in [2.75, 3.05) is 20.8 Å². The highest BCUT2D eigenvalue weighted by Crippen LogP contribution is 2.61. The van der Waals surface area contributed by atoms with E-state index in [-0.39, 0.29) is 47.3 Å². The fourth-order valence-corrected chi connectivity index (χ4v) is 5.92. The van der Waals surface area contributed by atoms with Gasteiger partial charge in [0.05, 0.1) is 25.7 Å². The van der Waals surface area contributed by atoms with Gasteiger partial charge in [-0.3, -0.25) is 0 Å². The molecule has 1 saturated carbocycles. The molecule has 6 nitrogen and oxygen atoms in total. The Morgan fingerprint density at radius 2 is 1.91 bits per heavy atom. The van der Waals surface area contributed by atoms with Crippen LogP contribution in [0.25, 0.3) is 6.08 Å². The smallest absolute Gasteiger partial charge is 0.331 e. The van der Waals surface area contributed by atoms with Gasteiger partial charge in [-0.15, -0.1) is 0 Å². The van der Waals surface area contributed by atoms with Crippen LogP contribution in [-0.2, 0) is 23.7 Å². The van der Waals surface area contributed by atoms with Crippen molar-refractivity contribution in [2.45, 2.75) is 82.9 Å². The van der Waals surface area contributed by atoms with Crippen LogP contribution in [0.1, 0.15) is 58.9 Å². The van der Waals surface area contributed by atoms with Gasteiger partial charge in [-0.05, 0) is 62.3 Å². The third-order valence-corrected chi connectivity index (χ3v) is 7.99. The summed E-state index contributed by atoms with van der Waals surface area (Å²) in [6.45, 7) is 9.53. The minimum absolute atomic E-state index is 0.0355. The third kappa shape index (κ3) is 5.05. The molecule has 1 aromatic carbocycles. The maximum Gasteiger partial charge on any atom is 0.331 e. The first kappa shape index (κ1) is 25.2. The molecule has 3 fully saturated rings. The molecule has 1 aliphatic carbocycles. The predicted octanol–water partition coefficient (Wildman–Crippen LogP) is 5.04. The number of hydrogen-bond donors (Lipinski definition) is 0. The summed E-state index contributed by atoms with van der Waals surface area (Å²) in [7, 11) is 3.35. The third-order valence-electron chi connectivity index (χ3n) is 7.99. The van der Waals surface area contributed by atoms with Gasteiger partial charge < -0.3 is 23.7 Å². The highest BCUT2D eigenvalue weighted by atomic mass is 16.6. The van der Waals surface area contributed by atoms with Crippen molar-refractivity contribution in [3.63, 3.8) is 0 Å². The first-order valence-corrected chi connectivity index (χ1v) is 12.6. The molecule has 2 heterocycles. The van der Waals surface area contributed by atoms with E-state index >= 15 is 0 Å². The molecule has 0 amide bonds. The van der Waals surface area contributed by atoms with Gasteiger partial charge >= 0.3 is 5.97 Å². The fraction of sp³-hybridized carbons (Fsp3) is 0.679. The number of methoxy groups -OCH3 is 2. The number of benzene rings is 1. The van der Waals surface area contributed by atoms with E-state index in [0.717, 1.165) is 43.6 Å². The zero-order valence-corrected chi connectivity index (χ0v) is 21.4. The summed E-state index contributed by atoms with van der Waals surface area (Å²) >= 11 is 0. The highest BCUT2D eigenvalue weighted by Gasteiger charge is 2.73. The molecular weight excluding hydrogens is 432 g/mol. The Bertz CT molecular complexity index is 873. The molecule has 6 heteroatoms. The summed E-state index contributed by atoms with van der Waals surface area (Å²) in [5.74, 6) is 1.28. The number of hydrogen-bond acceptors (Lipinski definition) is 6. The van der Waals surface area contributed by atoms with Gasteiger partial charge in [0.1, 0.15) is 29.2 Å². The molecule has 0 N–H and O–H groups in total. The maximum absolute atomic E-state index is 12.9. The molecular formula is C28H40O6. The van der Waals surface area contributed by atoms with Crippen molar-refractivity contribution in [1.82, 2.24) is 0 Å². The van der Waals surface area contributed by atoms with Crippen LogP contribution in [0.15, 0.2) is 30.3 Å². The highest BCUT2D eigenvalue weighted by molar-refractivity contribution is 5.87. The zero-order valence-electron chi connectivity index (χ0n) is 21.4. The predicted molar refractivity (Wildman–Crippen MR) is 131 cm³/mol. The number of ether oxygens (including phenoxy) is 5. The Morgan fingerprint density at radius 1 is 1.21 bits per heavy atom. The van der Waals surface area contributed by atoms with E-state index in [2.05, 4.69) is 27.7 Å². The minimum Gasteiger partial charge on any atom is -0.497 e. The van der Waals surface area contributed by atoms with E-state index in [4.69, 9.17) is 23.7 Å². The number of carbonyl (C=O) groups excluding carboxylic acids is 1. The number of rotatable bonds is 10. The number of epoxide rings is 2. The lowest BCUT2D eigenvalue weighted by Crippen LogP contribution is -2.59. The SMILES string of the molecule is CC[C@@H]1C[C@]2(CO2)[C@@H]([C@]2(C)O[C@H]2CCC(C)C)[C@H](OC)[C@@H]1OC(=O)/C=C/c1ccc(OC)cc1. The molecule has 2 saturated heterocycles. The lowest BCUT2D eigenvalue weighted by atomic mass is 9.64. The van der Waals surface area contributed by atoms with Crippen molar-refractivity contribution < 1.29 is 28.5 Å². The number of esters is 1. The summed E-state index contributed by atoms with van der Waals surface area (Å²) in [4.78, 5) is 12.9. The maximum atomic E-state index is 12.9. The van der Waals surface area contributed by atoms with E-state index in [0.29, 0.717) is 5.92 Å². The summed E-state index contributed by atoms with van der Waals surface area (Å²) in [6, 6.07) is 7.55. The Balaban J connectivity index is 1.49. The van der Waals surface area contributed by atoms with E-state index in [1.54, 1.807) is 20.3 Å². The fourth-order valence-electron chi connectivity index (χ4n) is 5.92. The van der Waals surface area contributed by atoms with Gasteiger partial charge in [0, 0.05) is 19.1 Å². The average molecular weight is 473 g/mol. The second-order valence-corrected chi connectivity index (χ2v) is 10.7. The normalized spacial score (nSPS) is 36.7. The first-order chi connectivity index (χ1) is 16.3. The van der Waals surface area contributed by atoms with E-state index in [9.17, 15) is 4.79 Å². The van der Waals surface area contributed by atoms with E-state index in [1.807, 2.05) is 24.3 Å². The molecule has 3 aliphatic rings. The molecule has 0 aromatic heterocycles. The molecule has 0 unspecified atom stereocenters. The van der Waals surface area contributed by atoms with Gasteiger partial charge in [0.15, 0.2) is 0 Å². The summed E-state index contributed by atoms with van der Waals surface area (Å²) in [5, 5.41) is 0. The molecule has 188 valence electrons. The molecule has 0 bridgehead atoms.